The van der Waals surface area contributed by atoms with Crippen molar-refractivity contribution >= 4 is 17.3 Å². The van der Waals surface area contributed by atoms with Crippen molar-refractivity contribution in [3.8, 4) is 5.75 Å². The number of benzene rings is 1. The molecule has 1 aliphatic rings. The highest BCUT2D eigenvalue weighted by Gasteiger charge is 2.15. The van der Waals surface area contributed by atoms with Gasteiger partial charge in [-0.15, -0.1) is 0 Å². The zero-order valence-corrected chi connectivity index (χ0v) is 11.8. The first kappa shape index (κ1) is 13.5. The Morgan fingerprint density at radius 1 is 1.50 bits per heavy atom. The lowest BCUT2D eigenvalue weighted by atomic mass is 10.0. The van der Waals surface area contributed by atoms with E-state index in [1.165, 1.54) is 12.8 Å². The average Bonchev–Trinajstić information content (AvgIpc) is 2.88. The molecule has 0 radical (unpaired) electrons. The van der Waals surface area contributed by atoms with Crippen LogP contribution in [0.25, 0.3) is 0 Å². The van der Waals surface area contributed by atoms with Crippen molar-refractivity contribution in [1.29, 1.82) is 0 Å². The fraction of sp³-hybridized carbons (Fsp3) is 0.571. The number of hydrogen-bond donors (Lipinski definition) is 1. The molecule has 100 valence electrons. The maximum atomic E-state index is 6.26. The van der Waals surface area contributed by atoms with Crippen LogP contribution >= 0.6 is 11.6 Å². The van der Waals surface area contributed by atoms with E-state index in [9.17, 15) is 0 Å². The first-order valence-electron chi connectivity index (χ1n) is 6.46. The molecular formula is C14H21ClN2O. The number of nitrogens with one attached hydrogen (secondary N) is 1. The molecule has 0 bridgehead atoms. The minimum absolute atomic E-state index is 0.751. The van der Waals surface area contributed by atoms with Crippen LogP contribution in [0.5, 0.6) is 5.75 Å². The van der Waals surface area contributed by atoms with Crippen LogP contribution < -0.4 is 15.0 Å². The van der Waals surface area contributed by atoms with E-state index < -0.39 is 0 Å². The van der Waals surface area contributed by atoms with E-state index >= 15 is 0 Å². The van der Waals surface area contributed by atoms with Crippen molar-refractivity contribution in [2.45, 2.75) is 12.8 Å². The van der Waals surface area contributed by atoms with Crippen molar-refractivity contribution in [2.24, 2.45) is 5.92 Å². The molecule has 1 aliphatic heterocycles. The molecule has 3 nitrogen and oxygen atoms in total. The molecule has 1 atom stereocenters. The van der Waals surface area contributed by atoms with Crippen LogP contribution in [0.4, 0.5) is 5.69 Å². The van der Waals surface area contributed by atoms with Crippen LogP contribution in [0.1, 0.15) is 12.8 Å². The van der Waals surface area contributed by atoms with Gasteiger partial charge in [-0.05, 0) is 44.0 Å². The second kappa shape index (κ2) is 6.30. The molecule has 0 saturated carbocycles. The summed E-state index contributed by atoms with van der Waals surface area (Å²) in [5, 5.41) is 4.15. The SMILES string of the molecule is COc1ccc(N(C)CCC2CCNC2)c(Cl)c1. The fourth-order valence-electron chi connectivity index (χ4n) is 2.38. The minimum atomic E-state index is 0.751. The third kappa shape index (κ3) is 3.30. The molecule has 1 fully saturated rings. The van der Waals surface area contributed by atoms with Crippen molar-refractivity contribution < 1.29 is 4.74 Å². The maximum Gasteiger partial charge on any atom is 0.120 e. The van der Waals surface area contributed by atoms with Gasteiger partial charge in [0.2, 0.25) is 0 Å². The maximum absolute atomic E-state index is 6.26. The quantitative estimate of drug-likeness (QED) is 0.889. The van der Waals surface area contributed by atoms with Crippen molar-refractivity contribution in [1.82, 2.24) is 5.32 Å². The number of rotatable bonds is 5. The fourth-order valence-corrected chi connectivity index (χ4v) is 2.70. The van der Waals surface area contributed by atoms with E-state index in [1.807, 2.05) is 18.2 Å². The molecule has 18 heavy (non-hydrogen) atoms. The summed E-state index contributed by atoms with van der Waals surface area (Å²) < 4.78 is 5.16. The monoisotopic (exact) mass is 268 g/mol. The summed E-state index contributed by atoms with van der Waals surface area (Å²) in [6.07, 6.45) is 2.51. The second-order valence-electron chi connectivity index (χ2n) is 4.89. The Morgan fingerprint density at radius 2 is 2.33 bits per heavy atom. The zero-order valence-electron chi connectivity index (χ0n) is 11.1. The summed E-state index contributed by atoms with van der Waals surface area (Å²) in [5.74, 6) is 1.61. The van der Waals surface area contributed by atoms with E-state index in [2.05, 4.69) is 17.3 Å². The number of ether oxygens (including phenoxy) is 1. The predicted molar refractivity (Wildman–Crippen MR) is 76.9 cm³/mol. The molecule has 1 aromatic rings. The first-order chi connectivity index (χ1) is 8.70. The summed E-state index contributed by atoms with van der Waals surface area (Å²) in [7, 11) is 3.75. The lowest BCUT2D eigenvalue weighted by molar-refractivity contribution is 0.415. The van der Waals surface area contributed by atoms with Crippen LogP contribution in [-0.2, 0) is 0 Å². The summed E-state index contributed by atoms with van der Waals surface area (Å²) in [6, 6.07) is 5.84. The van der Waals surface area contributed by atoms with Crippen LogP contribution in [-0.4, -0.2) is 33.8 Å². The molecule has 1 unspecified atom stereocenters. The molecule has 2 rings (SSSR count). The average molecular weight is 269 g/mol. The molecule has 1 heterocycles. The van der Waals surface area contributed by atoms with Gasteiger partial charge in [-0.1, -0.05) is 11.6 Å². The lowest BCUT2D eigenvalue weighted by Crippen LogP contribution is -2.22. The van der Waals surface area contributed by atoms with E-state index in [0.29, 0.717) is 0 Å². The van der Waals surface area contributed by atoms with Crippen LogP contribution in [0.2, 0.25) is 5.02 Å². The van der Waals surface area contributed by atoms with Gasteiger partial charge in [0.15, 0.2) is 0 Å². The van der Waals surface area contributed by atoms with Crippen LogP contribution in [0, 0.1) is 5.92 Å². The van der Waals surface area contributed by atoms with Crippen molar-refractivity contribution in [3.63, 3.8) is 0 Å². The van der Waals surface area contributed by atoms with E-state index in [4.69, 9.17) is 16.3 Å². The molecule has 0 spiro atoms. The first-order valence-corrected chi connectivity index (χ1v) is 6.84. The van der Waals surface area contributed by atoms with Gasteiger partial charge >= 0.3 is 0 Å². The van der Waals surface area contributed by atoms with Gasteiger partial charge in [-0.2, -0.15) is 0 Å². The summed E-state index contributed by atoms with van der Waals surface area (Å²) in [5.41, 5.74) is 1.07. The standard InChI is InChI=1S/C14H21ClN2O/c1-17(8-6-11-5-7-16-10-11)14-4-3-12(18-2)9-13(14)15/h3-4,9,11,16H,5-8,10H2,1-2H3. The third-order valence-electron chi connectivity index (χ3n) is 3.60. The molecule has 0 aliphatic carbocycles. The van der Waals surface area contributed by atoms with Gasteiger partial charge in [0.25, 0.3) is 0 Å². The number of hydrogen-bond acceptors (Lipinski definition) is 3. The van der Waals surface area contributed by atoms with E-state index in [1.54, 1.807) is 7.11 Å². The zero-order chi connectivity index (χ0) is 13.0. The number of nitrogens with zero attached hydrogens (tertiary/aromatic N) is 1. The minimum Gasteiger partial charge on any atom is -0.497 e. The van der Waals surface area contributed by atoms with Gasteiger partial charge in [-0.3, -0.25) is 0 Å². The lowest BCUT2D eigenvalue weighted by Gasteiger charge is -2.22. The molecule has 0 amide bonds. The molecule has 1 aromatic carbocycles. The summed E-state index contributed by atoms with van der Waals surface area (Å²) in [6.45, 7) is 3.36. The topological polar surface area (TPSA) is 24.5 Å². The van der Waals surface area contributed by atoms with E-state index in [-0.39, 0.29) is 0 Å². The predicted octanol–water partition coefficient (Wildman–Crippen LogP) is 2.78. The molecule has 1 N–H and O–H groups in total. The van der Waals surface area contributed by atoms with Crippen LogP contribution in [0.15, 0.2) is 18.2 Å². The van der Waals surface area contributed by atoms with Gasteiger partial charge < -0.3 is 15.0 Å². The highest BCUT2D eigenvalue weighted by Crippen LogP contribution is 2.29. The Labute approximate surface area is 114 Å². The third-order valence-corrected chi connectivity index (χ3v) is 3.90. The smallest absolute Gasteiger partial charge is 0.120 e. The Bertz CT molecular complexity index is 391. The molecular weight excluding hydrogens is 248 g/mol. The Hall–Kier alpha value is -0.930. The number of halogens is 1. The Morgan fingerprint density at radius 3 is 2.94 bits per heavy atom. The van der Waals surface area contributed by atoms with E-state index in [0.717, 1.165) is 42.0 Å². The molecule has 0 aromatic heterocycles. The summed E-state index contributed by atoms with van der Waals surface area (Å²) >= 11 is 6.26. The molecule has 1 saturated heterocycles. The van der Waals surface area contributed by atoms with Gasteiger partial charge in [-0.25, -0.2) is 0 Å². The summed E-state index contributed by atoms with van der Waals surface area (Å²) in [4.78, 5) is 2.22. The highest BCUT2D eigenvalue weighted by atomic mass is 35.5. The van der Waals surface area contributed by atoms with Gasteiger partial charge in [0, 0.05) is 19.7 Å². The van der Waals surface area contributed by atoms with Crippen molar-refractivity contribution in [2.75, 3.05) is 38.7 Å². The number of methoxy groups -OCH3 is 1. The Kier molecular flexibility index (Phi) is 4.72. The van der Waals surface area contributed by atoms with Gasteiger partial charge in [0.1, 0.15) is 5.75 Å². The highest BCUT2D eigenvalue weighted by molar-refractivity contribution is 6.33. The van der Waals surface area contributed by atoms with Crippen LogP contribution in [0.3, 0.4) is 0 Å². The normalized spacial score (nSPS) is 18.9. The molecule has 4 heteroatoms. The van der Waals surface area contributed by atoms with Gasteiger partial charge in [0.05, 0.1) is 17.8 Å². The largest absolute Gasteiger partial charge is 0.497 e. The van der Waals surface area contributed by atoms with Crippen molar-refractivity contribution in [3.05, 3.63) is 23.2 Å². The Balaban J connectivity index is 1.93. The second-order valence-corrected chi connectivity index (χ2v) is 5.29. The number of anilines is 1.